The molecule has 1 aliphatic heterocycles. The standard InChI is InChI=1S/C15H20N4OS/c1-18-6-8-19(9-7-18)17-15(20)12-21-11-14-4-2-13(10-16)3-5-14/h2-5H,6-9,11-12H2,1H3,(H,17,20). The van der Waals surface area contributed by atoms with Gasteiger partial charge in [-0.1, -0.05) is 12.1 Å². The van der Waals surface area contributed by atoms with Crippen molar-refractivity contribution in [1.82, 2.24) is 15.3 Å². The van der Waals surface area contributed by atoms with Crippen LogP contribution in [-0.4, -0.2) is 54.8 Å². The van der Waals surface area contributed by atoms with Gasteiger partial charge in [0, 0.05) is 31.9 Å². The van der Waals surface area contributed by atoms with Crippen molar-refractivity contribution >= 4 is 17.7 Å². The number of likely N-dealkylation sites (N-methyl/N-ethyl adjacent to an activating group) is 1. The van der Waals surface area contributed by atoms with Gasteiger partial charge in [0.2, 0.25) is 5.91 Å². The van der Waals surface area contributed by atoms with Gasteiger partial charge in [-0.25, -0.2) is 5.01 Å². The minimum atomic E-state index is 0.0539. The number of thioether (sulfide) groups is 1. The highest BCUT2D eigenvalue weighted by molar-refractivity contribution is 7.99. The lowest BCUT2D eigenvalue weighted by Gasteiger charge is -2.32. The van der Waals surface area contributed by atoms with Crippen LogP contribution in [0.4, 0.5) is 0 Å². The molecule has 5 nitrogen and oxygen atoms in total. The summed E-state index contributed by atoms with van der Waals surface area (Å²) >= 11 is 1.59. The van der Waals surface area contributed by atoms with E-state index < -0.39 is 0 Å². The molecule has 6 heteroatoms. The van der Waals surface area contributed by atoms with Crippen LogP contribution >= 0.6 is 11.8 Å². The van der Waals surface area contributed by atoms with Crippen LogP contribution in [-0.2, 0) is 10.5 Å². The van der Waals surface area contributed by atoms with Gasteiger partial charge in [0.25, 0.3) is 0 Å². The van der Waals surface area contributed by atoms with E-state index >= 15 is 0 Å². The average Bonchev–Trinajstić information content (AvgIpc) is 2.50. The number of carbonyl (C=O) groups excluding carboxylic acids is 1. The van der Waals surface area contributed by atoms with E-state index in [0.717, 1.165) is 37.5 Å². The predicted molar refractivity (Wildman–Crippen MR) is 84.5 cm³/mol. The Hall–Kier alpha value is -1.55. The molecule has 1 aromatic carbocycles. The van der Waals surface area contributed by atoms with E-state index in [1.807, 2.05) is 17.1 Å². The van der Waals surface area contributed by atoms with Crippen LogP contribution in [0.5, 0.6) is 0 Å². The van der Waals surface area contributed by atoms with Crippen molar-refractivity contribution in [3.63, 3.8) is 0 Å². The maximum atomic E-state index is 11.9. The van der Waals surface area contributed by atoms with Crippen molar-refractivity contribution in [3.05, 3.63) is 35.4 Å². The van der Waals surface area contributed by atoms with Crippen LogP contribution in [0.3, 0.4) is 0 Å². The number of nitrogens with one attached hydrogen (secondary N) is 1. The van der Waals surface area contributed by atoms with Crippen LogP contribution in [0, 0.1) is 11.3 Å². The lowest BCUT2D eigenvalue weighted by molar-refractivity contribution is -0.124. The second-order valence-corrected chi connectivity index (χ2v) is 6.11. The molecule has 1 saturated heterocycles. The molecule has 1 aliphatic rings. The quantitative estimate of drug-likeness (QED) is 0.882. The predicted octanol–water partition coefficient (Wildman–Crippen LogP) is 1.07. The second kappa shape index (κ2) is 8.03. The molecule has 0 bridgehead atoms. The summed E-state index contributed by atoms with van der Waals surface area (Å²) in [5, 5.41) is 10.7. The highest BCUT2D eigenvalue weighted by Crippen LogP contribution is 2.12. The number of hydrogen-bond donors (Lipinski definition) is 1. The molecule has 0 saturated carbocycles. The third kappa shape index (κ3) is 5.38. The zero-order chi connectivity index (χ0) is 15.1. The number of hydrogen-bond acceptors (Lipinski definition) is 5. The zero-order valence-electron chi connectivity index (χ0n) is 12.2. The Balaban J connectivity index is 1.65. The number of nitrogens with zero attached hydrogens (tertiary/aromatic N) is 3. The number of rotatable bonds is 5. The molecule has 0 aliphatic carbocycles. The number of amides is 1. The van der Waals surface area contributed by atoms with E-state index in [2.05, 4.69) is 23.4 Å². The van der Waals surface area contributed by atoms with Crippen molar-refractivity contribution < 1.29 is 4.79 Å². The van der Waals surface area contributed by atoms with Gasteiger partial charge in [-0.3, -0.25) is 10.2 Å². The van der Waals surface area contributed by atoms with Gasteiger partial charge in [-0.05, 0) is 24.7 Å². The summed E-state index contributed by atoms with van der Waals surface area (Å²) in [5.74, 6) is 1.28. The van der Waals surface area contributed by atoms with Crippen molar-refractivity contribution in [2.45, 2.75) is 5.75 Å². The lowest BCUT2D eigenvalue weighted by Crippen LogP contribution is -2.52. The first-order valence-electron chi connectivity index (χ1n) is 6.97. The normalized spacial score (nSPS) is 16.4. The molecular formula is C15H20N4OS. The number of carbonyl (C=O) groups is 1. The number of nitriles is 1. The van der Waals surface area contributed by atoms with Gasteiger partial charge in [0.15, 0.2) is 0 Å². The first-order valence-corrected chi connectivity index (χ1v) is 8.12. The van der Waals surface area contributed by atoms with Crippen molar-refractivity contribution in [3.8, 4) is 6.07 Å². The van der Waals surface area contributed by atoms with E-state index in [1.165, 1.54) is 0 Å². The van der Waals surface area contributed by atoms with E-state index in [-0.39, 0.29) is 5.91 Å². The van der Waals surface area contributed by atoms with Crippen LogP contribution in [0.15, 0.2) is 24.3 Å². The molecular weight excluding hydrogens is 284 g/mol. The Morgan fingerprint density at radius 3 is 2.57 bits per heavy atom. The summed E-state index contributed by atoms with van der Waals surface area (Å²) in [6.45, 7) is 3.72. The van der Waals surface area contributed by atoms with Gasteiger partial charge in [-0.2, -0.15) is 5.26 Å². The van der Waals surface area contributed by atoms with E-state index in [4.69, 9.17) is 5.26 Å². The maximum Gasteiger partial charge on any atom is 0.244 e. The molecule has 2 rings (SSSR count). The minimum Gasteiger partial charge on any atom is -0.304 e. The Kier molecular flexibility index (Phi) is 6.05. The fourth-order valence-electron chi connectivity index (χ4n) is 2.06. The van der Waals surface area contributed by atoms with Gasteiger partial charge in [0.05, 0.1) is 17.4 Å². The topological polar surface area (TPSA) is 59.4 Å². The average molecular weight is 304 g/mol. The number of benzene rings is 1. The molecule has 0 atom stereocenters. The summed E-state index contributed by atoms with van der Waals surface area (Å²) in [6, 6.07) is 9.58. The van der Waals surface area contributed by atoms with E-state index in [0.29, 0.717) is 11.3 Å². The van der Waals surface area contributed by atoms with Crippen molar-refractivity contribution in [2.24, 2.45) is 0 Å². The molecule has 1 N–H and O–H groups in total. The van der Waals surface area contributed by atoms with Gasteiger partial charge >= 0.3 is 0 Å². The largest absolute Gasteiger partial charge is 0.304 e. The molecule has 1 aromatic rings. The van der Waals surface area contributed by atoms with Crippen LogP contribution < -0.4 is 5.43 Å². The van der Waals surface area contributed by atoms with Crippen LogP contribution in [0.25, 0.3) is 0 Å². The maximum absolute atomic E-state index is 11.9. The molecule has 0 radical (unpaired) electrons. The SMILES string of the molecule is CN1CCN(NC(=O)CSCc2ccc(C#N)cc2)CC1. The fraction of sp³-hybridized carbons (Fsp3) is 0.467. The molecule has 1 heterocycles. The summed E-state index contributed by atoms with van der Waals surface area (Å²) in [6.07, 6.45) is 0. The highest BCUT2D eigenvalue weighted by Gasteiger charge is 2.15. The van der Waals surface area contributed by atoms with Crippen molar-refractivity contribution in [2.75, 3.05) is 39.0 Å². The summed E-state index contributed by atoms with van der Waals surface area (Å²) < 4.78 is 0. The fourth-order valence-corrected chi connectivity index (χ4v) is 2.84. The van der Waals surface area contributed by atoms with Crippen LogP contribution in [0.1, 0.15) is 11.1 Å². The summed E-state index contributed by atoms with van der Waals surface area (Å²) in [4.78, 5) is 14.1. The third-order valence-corrected chi connectivity index (χ3v) is 4.37. The van der Waals surface area contributed by atoms with Crippen LogP contribution in [0.2, 0.25) is 0 Å². The minimum absolute atomic E-state index is 0.0539. The van der Waals surface area contributed by atoms with E-state index in [1.54, 1.807) is 23.9 Å². The zero-order valence-corrected chi connectivity index (χ0v) is 13.0. The highest BCUT2D eigenvalue weighted by atomic mass is 32.2. The summed E-state index contributed by atoms with van der Waals surface area (Å²) in [7, 11) is 2.09. The van der Waals surface area contributed by atoms with Crippen molar-refractivity contribution in [1.29, 1.82) is 5.26 Å². The van der Waals surface area contributed by atoms with Gasteiger partial charge in [0.1, 0.15) is 0 Å². The van der Waals surface area contributed by atoms with E-state index in [9.17, 15) is 4.79 Å². The number of piperazine rings is 1. The molecule has 0 spiro atoms. The Morgan fingerprint density at radius 2 is 1.95 bits per heavy atom. The number of hydrazine groups is 1. The molecule has 112 valence electrons. The third-order valence-electron chi connectivity index (χ3n) is 3.37. The molecule has 0 unspecified atom stereocenters. The van der Waals surface area contributed by atoms with Gasteiger partial charge < -0.3 is 4.90 Å². The first kappa shape index (κ1) is 15.8. The monoisotopic (exact) mass is 304 g/mol. The Bertz CT molecular complexity index is 503. The molecule has 1 fully saturated rings. The second-order valence-electron chi connectivity index (χ2n) is 5.13. The molecule has 1 amide bonds. The van der Waals surface area contributed by atoms with Gasteiger partial charge in [-0.15, -0.1) is 11.8 Å². The summed E-state index contributed by atoms with van der Waals surface area (Å²) in [5.41, 5.74) is 4.74. The molecule has 0 aromatic heterocycles. The molecule has 21 heavy (non-hydrogen) atoms. The lowest BCUT2D eigenvalue weighted by atomic mass is 10.2. The Morgan fingerprint density at radius 1 is 1.29 bits per heavy atom. The first-order chi connectivity index (χ1) is 10.2. The Labute approximate surface area is 129 Å². The smallest absolute Gasteiger partial charge is 0.244 e.